The normalized spacial score (nSPS) is 12.2. The van der Waals surface area contributed by atoms with Crippen molar-refractivity contribution in [3.8, 4) is 5.75 Å². The summed E-state index contributed by atoms with van der Waals surface area (Å²) in [5.41, 5.74) is 2.43. The molecular formula is C16H17BrClNO. The Morgan fingerprint density at radius 2 is 2.05 bits per heavy atom. The van der Waals surface area contributed by atoms with Gasteiger partial charge in [0.15, 0.2) is 0 Å². The van der Waals surface area contributed by atoms with Crippen LogP contribution in [-0.2, 0) is 6.42 Å². The molecular weight excluding hydrogens is 338 g/mol. The first-order valence-corrected chi connectivity index (χ1v) is 7.56. The lowest BCUT2D eigenvalue weighted by atomic mass is 9.99. The maximum absolute atomic E-state index is 6.07. The second kappa shape index (κ2) is 7.11. The van der Waals surface area contributed by atoms with Crippen LogP contribution in [0.4, 0.5) is 0 Å². The first-order valence-electron chi connectivity index (χ1n) is 6.39. The summed E-state index contributed by atoms with van der Waals surface area (Å²) in [5, 5.41) is 3.98. The molecule has 1 unspecified atom stereocenters. The Morgan fingerprint density at radius 3 is 2.70 bits per heavy atom. The van der Waals surface area contributed by atoms with E-state index in [1.54, 1.807) is 7.11 Å². The smallest absolute Gasteiger partial charge is 0.137 e. The first-order chi connectivity index (χ1) is 9.63. The van der Waals surface area contributed by atoms with Crippen molar-refractivity contribution in [2.24, 2.45) is 0 Å². The highest BCUT2D eigenvalue weighted by atomic mass is 79.9. The van der Waals surface area contributed by atoms with E-state index in [2.05, 4.69) is 39.4 Å². The van der Waals surface area contributed by atoms with E-state index >= 15 is 0 Å². The molecule has 0 fully saturated rings. The van der Waals surface area contributed by atoms with E-state index in [0.717, 1.165) is 16.5 Å². The van der Waals surface area contributed by atoms with Gasteiger partial charge >= 0.3 is 0 Å². The molecule has 0 bridgehead atoms. The van der Waals surface area contributed by atoms with Crippen LogP contribution in [0.15, 0.2) is 46.9 Å². The van der Waals surface area contributed by atoms with Crippen molar-refractivity contribution in [3.05, 3.63) is 63.1 Å². The number of likely N-dealkylation sites (N-methyl/N-ethyl adjacent to an activating group) is 1. The van der Waals surface area contributed by atoms with Crippen molar-refractivity contribution in [1.82, 2.24) is 5.32 Å². The molecule has 0 aliphatic carbocycles. The van der Waals surface area contributed by atoms with Gasteiger partial charge in [-0.3, -0.25) is 0 Å². The zero-order valence-corrected chi connectivity index (χ0v) is 13.8. The largest absolute Gasteiger partial charge is 0.495 e. The molecule has 1 N–H and O–H groups in total. The molecule has 2 aromatic carbocycles. The fraction of sp³-hybridized carbons (Fsp3) is 0.250. The third-order valence-corrected chi connectivity index (χ3v) is 4.06. The standard InChI is InChI=1S/C16H17BrClNO/c1-19-15(9-11-4-3-5-13(17)8-11)12-6-7-14(18)16(10-12)20-2/h3-8,10,15,19H,9H2,1-2H3. The Balaban J connectivity index is 2.24. The molecule has 0 radical (unpaired) electrons. The van der Waals surface area contributed by atoms with Crippen molar-refractivity contribution < 1.29 is 4.74 Å². The summed E-state index contributed by atoms with van der Waals surface area (Å²) >= 11 is 9.58. The number of rotatable bonds is 5. The zero-order chi connectivity index (χ0) is 14.5. The van der Waals surface area contributed by atoms with E-state index < -0.39 is 0 Å². The summed E-state index contributed by atoms with van der Waals surface area (Å²) in [6.07, 6.45) is 0.903. The molecule has 4 heteroatoms. The minimum atomic E-state index is 0.218. The van der Waals surface area contributed by atoms with Gasteiger partial charge in [-0.1, -0.05) is 45.7 Å². The number of ether oxygens (including phenoxy) is 1. The average Bonchev–Trinajstić information content (AvgIpc) is 2.45. The van der Waals surface area contributed by atoms with Crippen LogP contribution in [-0.4, -0.2) is 14.2 Å². The van der Waals surface area contributed by atoms with Crippen LogP contribution in [0.25, 0.3) is 0 Å². The zero-order valence-electron chi connectivity index (χ0n) is 11.5. The fourth-order valence-corrected chi connectivity index (χ4v) is 2.82. The molecule has 0 aliphatic heterocycles. The number of hydrogen-bond donors (Lipinski definition) is 1. The van der Waals surface area contributed by atoms with Crippen molar-refractivity contribution >= 4 is 27.5 Å². The Bertz CT molecular complexity index is 588. The van der Waals surface area contributed by atoms with Crippen molar-refractivity contribution in [1.29, 1.82) is 0 Å². The van der Waals surface area contributed by atoms with E-state index in [1.165, 1.54) is 5.56 Å². The number of benzene rings is 2. The fourth-order valence-electron chi connectivity index (χ4n) is 2.18. The summed E-state index contributed by atoms with van der Waals surface area (Å²) in [4.78, 5) is 0. The molecule has 2 rings (SSSR count). The van der Waals surface area contributed by atoms with Gasteiger partial charge in [-0.25, -0.2) is 0 Å². The lowest BCUT2D eigenvalue weighted by molar-refractivity contribution is 0.413. The first kappa shape index (κ1) is 15.4. The number of halogens is 2. The highest BCUT2D eigenvalue weighted by Crippen LogP contribution is 2.29. The van der Waals surface area contributed by atoms with Crippen molar-refractivity contribution in [2.75, 3.05) is 14.2 Å². The Hall–Kier alpha value is -1.03. The summed E-state index contributed by atoms with van der Waals surface area (Å²) in [7, 11) is 3.59. The molecule has 0 saturated carbocycles. The topological polar surface area (TPSA) is 21.3 Å². The quantitative estimate of drug-likeness (QED) is 0.846. The van der Waals surface area contributed by atoms with Crippen LogP contribution >= 0.6 is 27.5 Å². The lowest BCUT2D eigenvalue weighted by Gasteiger charge is -2.18. The van der Waals surface area contributed by atoms with Gasteiger partial charge in [-0.05, 0) is 48.9 Å². The van der Waals surface area contributed by atoms with Gasteiger partial charge in [0.25, 0.3) is 0 Å². The highest BCUT2D eigenvalue weighted by Gasteiger charge is 2.12. The van der Waals surface area contributed by atoms with Gasteiger partial charge in [0.1, 0.15) is 5.75 Å². The molecule has 0 aliphatic rings. The van der Waals surface area contributed by atoms with Gasteiger partial charge in [0.05, 0.1) is 12.1 Å². The van der Waals surface area contributed by atoms with Gasteiger partial charge in [-0.2, -0.15) is 0 Å². The molecule has 0 amide bonds. The molecule has 0 heterocycles. The predicted molar refractivity (Wildman–Crippen MR) is 87.7 cm³/mol. The minimum absolute atomic E-state index is 0.218. The van der Waals surface area contributed by atoms with Crippen LogP contribution in [0.2, 0.25) is 5.02 Å². The molecule has 0 saturated heterocycles. The highest BCUT2D eigenvalue weighted by molar-refractivity contribution is 9.10. The monoisotopic (exact) mass is 353 g/mol. The summed E-state index contributed by atoms with van der Waals surface area (Å²) in [6.45, 7) is 0. The van der Waals surface area contributed by atoms with E-state index in [4.69, 9.17) is 16.3 Å². The average molecular weight is 355 g/mol. The Morgan fingerprint density at radius 1 is 1.25 bits per heavy atom. The second-order valence-electron chi connectivity index (χ2n) is 4.57. The maximum atomic E-state index is 6.07. The number of nitrogens with one attached hydrogen (secondary N) is 1. The molecule has 106 valence electrons. The van der Waals surface area contributed by atoms with Crippen LogP contribution in [0, 0.1) is 0 Å². The lowest BCUT2D eigenvalue weighted by Crippen LogP contribution is -2.18. The molecule has 2 aromatic rings. The van der Waals surface area contributed by atoms with Crippen LogP contribution in [0.5, 0.6) is 5.75 Å². The van der Waals surface area contributed by atoms with Crippen LogP contribution < -0.4 is 10.1 Å². The summed E-state index contributed by atoms with van der Waals surface area (Å²) < 4.78 is 6.38. The third kappa shape index (κ3) is 3.75. The number of hydrogen-bond acceptors (Lipinski definition) is 2. The molecule has 0 spiro atoms. The van der Waals surface area contributed by atoms with Crippen molar-refractivity contribution in [2.45, 2.75) is 12.5 Å². The SMILES string of the molecule is CNC(Cc1cccc(Br)c1)c1ccc(Cl)c(OC)c1. The minimum Gasteiger partial charge on any atom is -0.495 e. The summed E-state index contributed by atoms with van der Waals surface area (Å²) in [6, 6.07) is 14.5. The Kier molecular flexibility index (Phi) is 5.46. The maximum Gasteiger partial charge on any atom is 0.137 e. The van der Waals surface area contributed by atoms with E-state index in [-0.39, 0.29) is 6.04 Å². The van der Waals surface area contributed by atoms with E-state index in [1.807, 2.05) is 31.3 Å². The van der Waals surface area contributed by atoms with Crippen LogP contribution in [0.1, 0.15) is 17.2 Å². The van der Waals surface area contributed by atoms with E-state index in [0.29, 0.717) is 10.8 Å². The molecule has 2 nitrogen and oxygen atoms in total. The molecule has 0 aromatic heterocycles. The third-order valence-electron chi connectivity index (χ3n) is 3.25. The predicted octanol–water partition coefficient (Wildman–Crippen LogP) is 4.61. The molecule has 20 heavy (non-hydrogen) atoms. The van der Waals surface area contributed by atoms with Gasteiger partial charge in [-0.15, -0.1) is 0 Å². The van der Waals surface area contributed by atoms with Crippen LogP contribution in [0.3, 0.4) is 0 Å². The van der Waals surface area contributed by atoms with Crippen molar-refractivity contribution in [3.63, 3.8) is 0 Å². The molecule has 1 atom stereocenters. The van der Waals surface area contributed by atoms with Gasteiger partial charge < -0.3 is 10.1 Å². The van der Waals surface area contributed by atoms with Gasteiger partial charge in [0.2, 0.25) is 0 Å². The second-order valence-corrected chi connectivity index (χ2v) is 5.89. The van der Waals surface area contributed by atoms with Gasteiger partial charge in [0, 0.05) is 10.5 Å². The Labute approximate surface area is 133 Å². The van der Waals surface area contributed by atoms with E-state index in [9.17, 15) is 0 Å². The summed E-state index contributed by atoms with van der Waals surface area (Å²) in [5.74, 6) is 0.707. The number of methoxy groups -OCH3 is 1.